The lowest BCUT2D eigenvalue weighted by atomic mass is 10.1. The van der Waals surface area contributed by atoms with Gasteiger partial charge < -0.3 is 9.84 Å². The summed E-state index contributed by atoms with van der Waals surface area (Å²) in [5.74, 6) is -0.634. The summed E-state index contributed by atoms with van der Waals surface area (Å²) in [7, 11) is 0. The van der Waals surface area contributed by atoms with Crippen molar-refractivity contribution >= 4 is 10.9 Å². The molecule has 0 amide bonds. The first-order chi connectivity index (χ1) is 12.0. The lowest BCUT2D eigenvalue weighted by Crippen LogP contribution is -2.24. The topological polar surface area (TPSA) is 77.2 Å². The van der Waals surface area contributed by atoms with Gasteiger partial charge in [0.1, 0.15) is 0 Å². The van der Waals surface area contributed by atoms with Crippen LogP contribution in [0.25, 0.3) is 10.9 Å². The molecule has 0 radical (unpaired) electrons. The Kier molecular flexibility index (Phi) is 4.76. The number of halogens is 1. The molecule has 3 rings (SSSR count). The molecule has 2 aromatic heterocycles. The number of aliphatic hydroxyl groups excluding tert-OH is 1. The number of rotatable bonds is 5. The van der Waals surface area contributed by atoms with E-state index in [1.807, 2.05) is 0 Å². The van der Waals surface area contributed by atoms with Gasteiger partial charge in [-0.15, -0.1) is 0 Å². The Morgan fingerprint density at radius 3 is 2.84 bits per heavy atom. The summed E-state index contributed by atoms with van der Waals surface area (Å²) in [5.41, 5.74) is 1.58. The molecule has 0 aliphatic heterocycles. The van der Waals surface area contributed by atoms with Gasteiger partial charge in [0.15, 0.2) is 5.75 Å². The second kappa shape index (κ2) is 6.98. The van der Waals surface area contributed by atoms with Gasteiger partial charge in [0.05, 0.1) is 36.5 Å². The quantitative estimate of drug-likeness (QED) is 0.720. The van der Waals surface area contributed by atoms with E-state index in [4.69, 9.17) is 4.74 Å². The first-order valence-corrected chi connectivity index (χ1v) is 7.94. The summed E-state index contributed by atoms with van der Waals surface area (Å²) in [5, 5.41) is 9.68. The molecule has 0 saturated heterocycles. The molecule has 2 heterocycles. The number of aromatic nitrogens is 3. The van der Waals surface area contributed by atoms with Crippen molar-refractivity contribution in [3.8, 4) is 5.75 Å². The maximum atomic E-state index is 13.7. The van der Waals surface area contributed by atoms with E-state index < -0.39 is 12.0 Å². The standard InChI is InChI=1S/C18H18FN3O3/c1-3-25-16-7-13(8-20-17(16)19)11(2)22-10-21-15-5-4-12(9-23)6-14(15)18(22)24/h4-8,10-11,23H,3,9H2,1-2H3. The zero-order valence-electron chi connectivity index (χ0n) is 13.9. The minimum Gasteiger partial charge on any atom is -0.489 e. The van der Waals surface area contributed by atoms with Gasteiger partial charge in [0, 0.05) is 6.20 Å². The summed E-state index contributed by atoms with van der Waals surface area (Å²) < 4.78 is 20.3. The van der Waals surface area contributed by atoms with Crippen molar-refractivity contribution in [2.24, 2.45) is 0 Å². The molecule has 130 valence electrons. The first-order valence-electron chi connectivity index (χ1n) is 7.94. The number of fused-ring (bicyclic) bond motifs is 1. The van der Waals surface area contributed by atoms with Gasteiger partial charge in [-0.1, -0.05) is 6.07 Å². The average molecular weight is 343 g/mol. The molecule has 0 aliphatic rings. The van der Waals surface area contributed by atoms with Crippen LogP contribution in [0.2, 0.25) is 0 Å². The highest BCUT2D eigenvalue weighted by molar-refractivity contribution is 5.78. The van der Waals surface area contributed by atoms with Gasteiger partial charge in [-0.05, 0) is 43.2 Å². The summed E-state index contributed by atoms with van der Waals surface area (Å²) in [4.78, 5) is 20.8. The van der Waals surface area contributed by atoms with Crippen molar-refractivity contribution < 1.29 is 14.2 Å². The second-order valence-corrected chi connectivity index (χ2v) is 5.63. The highest BCUT2D eigenvalue weighted by Gasteiger charge is 2.15. The van der Waals surface area contributed by atoms with Crippen LogP contribution in [0.4, 0.5) is 4.39 Å². The smallest absolute Gasteiger partial charge is 0.261 e. The molecule has 0 aliphatic carbocycles. The normalized spacial score (nSPS) is 12.3. The number of pyridine rings is 1. The fourth-order valence-electron chi connectivity index (χ4n) is 2.65. The van der Waals surface area contributed by atoms with E-state index in [1.54, 1.807) is 32.0 Å². The van der Waals surface area contributed by atoms with Crippen LogP contribution in [0.1, 0.15) is 31.0 Å². The Labute approximate surface area is 143 Å². The molecular weight excluding hydrogens is 325 g/mol. The molecule has 0 spiro atoms. The summed E-state index contributed by atoms with van der Waals surface area (Å²) >= 11 is 0. The van der Waals surface area contributed by atoms with Crippen LogP contribution < -0.4 is 10.3 Å². The SMILES string of the molecule is CCOc1cc(C(C)n2cnc3ccc(CO)cc3c2=O)cnc1F. The van der Waals surface area contributed by atoms with Gasteiger partial charge >= 0.3 is 0 Å². The Bertz CT molecular complexity index is 971. The number of nitrogens with zero attached hydrogens (tertiary/aromatic N) is 3. The number of benzene rings is 1. The van der Waals surface area contributed by atoms with Crippen LogP contribution in [0.15, 0.2) is 41.6 Å². The van der Waals surface area contributed by atoms with Crippen LogP contribution >= 0.6 is 0 Å². The van der Waals surface area contributed by atoms with Crippen molar-refractivity contribution in [1.29, 1.82) is 0 Å². The van der Waals surface area contributed by atoms with Crippen molar-refractivity contribution in [3.63, 3.8) is 0 Å². The minimum atomic E-state index is -0.686. The van der Waals surface area contributed by atoms with Crippen molar-refractivity contribution in [3.05, 3.63) is 64.2 Å². The maximum absolute atomic E-state index is 13.7. The molecule has 0 bridgehead atoms. The van der Waals surface area contributed by atoms with Gasteiger partial charge in [-0.3, -0.25) is 9.36 Å². The maximum Gasteiger partial charge on any atom is 0.261 e. The van der Waals surface area contributed by atoms with Crippen molar-refractivity contribution in [2.75, 3.05) is 6.61 Å². The molecular formula is C18H18FN3O3. The summed E-state index contributed by atoms with van der Waals surface area (Å²) in [6, 6.07) is 6.18. The van der Waals surface area contributed by atoms with Crippen LogP contribution in [0.5, 0.6) is 5.75 Å². The summed E-state index contributed by atoms with van der Waals surface area (Å²) in [6.07, 6.45) is 2.83. The van der Waals surface area contributed by atoms with E-state index in [1.165, 1.54) is 23.2 Å². The van der Waals surface area contributed by atoms with Crippen molar-refractivity contribution in [1.82, 2.24) is 14.5 Å². The van der Waals surface area contributed by atoms with Gasteiger partial charge in [0.25, 0.3) is 11.5 Å². The number of ether oxygens (including phenoxy) is 1. The largest absolute Gasteiger partial charge is 0.489 e. The molecule has 3 aromatic rings. The van der Waals surface area contributed by atoms with Crippen LogP contribution in [0.3, 0.4) is 0 Å². The second-order valence-electron chi connectivity index (χ2n) is 5.63. The lowest BCUT2D eigenvalue weighted by molar-refractivity contribution is 0.282. The van der Waals surface area contributed by atoms with E-state index in [0.717, 1.165) is 0 Å². The van der Waals surface area contributed by atoms with E-state index in [2.05, 4.69) is 9.97 Å². The Morgan fingerprint density at radius 2 is 2.12 bits per heavy atom. The van der Waals surface area contributed by atoms with E-state index in [-0.39, 0.29) is 17.9 Å². The molecule has 1 atom stereocenters. The van der Waals surface area contributed by atoms with E-state index in [9.17, 15) is 14.3 Å². The predicted octanol–water partition coefficient (Wildman–Crippen LogP) is 2.43. The lowest BCUT2D eigenvalue weighted by Gasteiger charge is -2.16. The predicted molar refractivity (Wildman–Crippen MR) is 91.1 cm³/mol. The minimum absolute atomic E-state index is 0.0521. The Morgan fingerprint density at radius 1 is 1.32 bits per heavy atom. The first kappa shape index (κ1) is 17.0. The zero-order chi connectivity index (χ0) is 18.0. The van der Waals surface area contributed by atoms with Gasteiger partial charge in [-0.2, -0.15) is 4.39 Å². The molecule has 1 N–H and O–H groups in total. The molecule has 1 unspecified atom stereocenters. The zero-order valence-corrected chi connectivity index (χ0v) is 13.9. The third kappa shape index (κ3) is 3.23. The molecule has 1 aromatic carbocycles. The Balaban J connectivity index is 2.08. The van der Waals surface area contributed by atoms with Gasteiger partial charge in [-0.25, -0.2) is 9.97 Å². The molecule has 0 saturated carbocycles. The highest BCUT2D eigenvalue weighted by atomic mass is 19.1. The number of aliphatic hydroxyl groups is 1. The fourth-order valence-corrected chi connectivity index (χ4v) is 2.65. The molecule has 6 nitrogen and oxygen atoms in total. The fraction of sp³-hybridized carbons (Fsp3) is 0.278. The Hall–Kier alpha value is -2.80. The summed E-state index contributed by atoms with van der Waals surface area (Å²) in [6.45, 7) is 3.72. The third-order valence-electron chi connectivity index (χ3n) is 4.06. The molecule has 0 fully saturated rings. The number of hydrogen-bond acceptors (Lipinski definition) is 5. The number of hydrogen-bond donors (Lipinski definition) is 1. The van der Waals surface area contributed by atoms with E-state index in [0.29, 0.717) is 28.6 Å². The highest BCUT2D eigenvalue weighted by Crippen LogP contribution is 2.23. The molecule has 25 heavy (non-hydrogen) atoms. The van der Waals surface area contributed by atoms with E-state index >= 15 is 0 Å². The van der Waals surface area contributed by atoms with Crippen LogP contribution in [0, 0.1) is 5.95 Å². The third-order valence-corrected chi connectivity index (χ3v) is 4.06. The monoisotopic (exact) mass is 343 g/mol. The van der Waals surface area contributed by atoms with Crippen LogP contribution in [-0.2, 0) is 6.61 Å². The van der Waals surface area contributed by atoms with Gasteiger partial charge in [0.2, 0.25) is 0 Å². The van der Waals surface area contributed by atoms with Crippen LogP contribution in [-0.4, -0.2) is 26.2 Å². The van der Waals surface area contributed by atoms with Crippen molar-refractivity contribution in [2.45, 2.75) is 26.5 Å². The average Bonchev–Trinajstić information content (AvgIpc) is 2.63. The molecule has 7 heteroatoms.